The summed E-state index contributed by atoms with van der Waals surface area (Å²) in [6, 6.07) is 13.2. The monoisotopic (exact) mass is 1030 g/mol. The summed E-state index contributed by atoms with van der Waals surface area (Å²) in [4.78, 5) is 107. The standard InChI is InChI=1S/C51H75N13O8S/c1-33-45(68)60-40(16-13-26-59-51(54)55)46(69)61-41(30-36-17-20-37-14-7-8-15-38(37)28-36)47(70)63-43(31-73-32-44(67)57-24-10-4-3-9-23-56-34(2)65)48(71)62-42(29-35-18-21-39(66)22-19-35)49(72)64(33)27-12-6-5-11-25-58-50(52)53/h7-8,14-15,17-22,28,33,40-43,66H,3-6,9-13,16,23-27,29-32H2,1-2H3,(H,56,65)(H,57,67)(H,60,68)(H,61,69)(H,62,71)(H,63,70)(H4,52,53,58)(H4,54,55,59)/t33-,40+,41+,42-,43-/m1/s1. The number of aromatic hydroxyl groups is 1. The number of nitrogens with one attached hydrogen (secondary N) is 6. The fraction of sp³-hybridized carbons (Fsp3) is 0.510. The molecule has 73 heavy (non-hydrogen) atoms. The third kappa shape index (κ3) is 21.7. The molecule has 21 nitrogen and oxygen atoms in total. The number of benzene rings is 3. The molecule has 15 N–H and O–H groups in total. The molecule has 1 fully saturated rings. The molecule has 1 aliphatic heterocycles. The van der Waals surface area contributed by atoms with Crippen molar-refractivity contribution in [2.75, 3.05) is 44.2 Å². The van der Waals surface area contributed by atoms with E-state index in [2.05, 4.69) is 41.9 Å². The molecule has 0 spiro atoms. The van der Waals surface area contributed by atoms with Crippen LogP contribution in [0.15, 0.2) is 76.7 Å². The SMILES string of the molecule is CC(=O)NCCCCCCNC(=O)CSC[C@H]1NC(=O)[C@H](Cc2ccc3ccccc3c2)NC(=O)[C@H](CCCN=C(N)N)NC(=O)[C@@H](C)N(CCCCCCN=C(N)N)C(=O)[C@@H](Cc2ccc(O)cc2)NC1=O. The van der Waals surface area contributed by atoms with Crippen LogP contribution < -0.4 is 54.8 Å². The van der Waals surface area contributed by atoms with Gasteiger partial charge in [0.05, 0.1) is 5.75 Å². The van der Waals surface area contributed by atoms with E-state index in [1.165, 1.54) is 24.0 Å². The van der Waals surface area contributed by atoms with E-state index in [0.29, 0.717) is 56.4 Å². The maximum absolute atomic E-state index is 15.0. The first-order valence-electron chi connectivity index (χ1n) is 25.0. The first-order chi connectivity index (χ1) is 35.0. The highest BCUT2D eigenvalue weighted by Crippen LogP contribution is 2.19. The average Bonchev–Trinajstić information content (AvgIpc) is 3.35. The summed E-state index contributed by atoms with van der Waals surface area (Å²) >= 11 is 1.11. The Kier molecular flexibility index (Phi) is 25.1. The zero-order valence-electron chi connectivity index (χ0n) is 42.0. The number of unbranched alkanes of at least 4 members (excludes halogenated alkanes) is 6. The van der Waals surface area contributed by atoms with Gasteiger partial charge in [-0.2, -0.15) is 0 Å². The van der Waals surface area contributed by atoms with E-state index >= 15 is 4.79 Å². The maximum atomic E-state index is 15.0. The van der Waals surface area contributed by atoms with Crippen LogP contribution in [-0.4, -0.2) is 138 Å². The van der Waals surface area contributed by atoms with Crippen LogP contribution in [0.5, 0.6) is 5.75 Å². The largest absolute Gasteiger partial charge is 0.508 e. The number of phenolic OH excluding ortho intramolecular Hbond substituents is 1. The first-order valence-corrected chi connectivity index (χ1v) is 26.1. The van der Waals surface area contributed by atoms with Crippen molar-refractivity contribution in [3.05, 3.63) is 77.9 Å². The molecule has 1 aliphatic rings. The summed E-state index contributed by atoms with van der Waals surface area (Å²) in [5, 5.41) is 29.0. The Morgan fingerprint density at radius 1 is 0.630 bits per heavy atom. The van der Waals surface area contributed by atoms with Crippen molar-refractivity contribution in [3.8, 4) is 5.75 Å². The lowest BCUT2D eigenvalue weighted by Crippen LogP contribution is -2.59. The molecule has 1 heterocycles. The zero-order valence-corrected chi connectivity index (χ0v) is 42.9. The fourth-order valence-corrected chi connectivity index (χ4v) is 9.03. The predicted octanol–water partition coefficient (Wildman–Crippen LogP) is 0.934. The van der Waals surface area contributed by atoms with E-state index < -0.39 is 59.7 Å². The Labute approximate surface area is 431 Å². The first kappa shape index (κ1) is 58.5. The van der Waals surface area contributed by atoms with Gasteiger partial charge < -0.3 is 64.8 Å². The minimum atomic E-state index is -1.32. The van der Waals surface area contributed by atoms with Crippen LogP contribution in [0.4, 0.5) is 0 Å². The Morgan fingerprint density at radius 3 is 1.86 bits per heavy atom. The number of carbonyl (C=O) groups is 7. The quantitative estimate of drug-likeness (QED) is 0.0303. The number of phenols is 1. The summed E-state index contributed by atoms with van der Waals surface area (Å²) in [6.07, 6.45) is 6.01. The van der Waals surface area contributed by atoms with Crippen molar-refractivity contribution in [1.29, 1.82) is 0 Å². The minimum Gasteiger partial charge on any atom is -0.508 e. The van der Waals surface area contributed by atoms with Gasteiger partial charge >= 0.3 is 0 Å². The number of rotatable bonds is 26. The van der Waals surface area contributed by atoms with E-state index in [1.807, 2.05) is 42.5 Å². The summed E-state index contributed by atoms with van der Waals surface area (Å²) in [6.45, 7) is 4.68. The molecular formula is C51H75N13O8S. The van der Waals surface area contributed by atoms with E-state index in [-0.39, 0.29) is 79.8 Å². The maximum Gasteiger partial charge on any atom is 0.246 e. The molecule has 0 aliphatic carbocycles. The molecule has 22 heteroatoms. The van der Waals surface area contributed by atoms with E-state index in [1.54, 1.807) is 19.1 Å². The summed E-state index contributed by atoms with van der Waals surface area (Å²) in [5.41, 5.74) is 23.4. The van der Waals surface area contributed by atoms with Crippen LogP contribution >= 0.6 is 11.8 Å². The van der Waals surface area contributed by atoms with Gasteiger partial charge in [-0.15, -0.1) is 11.8 Å². The molecule has 4 rings (SSSR count). The molecule has 1 saturated heterocycles. The second-order valence-electron chi connectivity index (χ2n) is 18.1. The van der Waals surface area contributed by atoms with E-state index in [4.69, 9.17) is 22.9 Å². The number of amides is 7. The Balaban J connectivity index is 1.71. The molecule has 7 amide bonds. The van der Waals surface area contributed by atoms with Gasteiger partial charge in [-0.1, -0.05) is 80.3 Å². The third-order valence-corrected chi connectivity index (χ3v) is 13.2. The lowest BCUT2D eigenvalue weighted by molar-refractivity contribution is -0.143. The topological polar surface area (TPSA) is 344 Å². The number of fused-ring (bicyclic) bond motifs is 1. The number of nitrogens with two attached hydrogens (primary N) is 4. The molecular weight excluding hydrogens is 955 g/mol. The molecule has 3 aromatic rings. The van der Waals surface area contributed by atoms with E-state index in [0.717, 1.165) is 48.2 Å². The lowest BCUT2D eigenvalue weighted by Gasteiger charge is -2.33. The fourth-order valence-electron chi connectivity index (χ4n) is 8.15. The molecule has 398 valence electrons. The summed E-state index contributed by atoms with van der Waals surface area (Å²) in [5.74, 6) is -4.09. The molecule has 0 unspecified atom stereocenters. The third-order valence-electron chi connectivity index (χ3n) is 12.1. The van der Waals surface area contributed by atoms with Gasteiger partial charge in [0.2, 0.25) is 41.4 Å². The highest BCUT2D eigenvalue weighted by atomic mass is 32.2. The van der Waals surface area contributed by atoms with E-state index in [9.17, 15) is 33.9 Å². The van der Waals surface area contributed by atoms with Gasteiger partial charge in [-0.25, -0.2) is 0 Å². The normalized spacial score (nSPS) is 18.8. The smallest absolute Gasteiger partial charge is 0.246 e. The van der Waals surface area contributed by atoms with Crippen LogP contribution in [0.3, 0.4) is 0 Å². The van der Waals surface area contributed by atoms with Gasteiger partial charge in [0.15, 0.2) is 11.9 Å². The van der Waals surface area contributed by atoms with Crippen molar-refractivity contribution in [2.45, 2.75) is 121 Å². The van der Waals surface area contributed by atoms with Gasteiger partial charge in [-0.3, -0.25) is 43.5 Å². The number of thioether (sulfide) groups is 1. The van der Waals surface area contributed by atoms with Crippen LogP contribution in [0, 0.1) is 0 Å². The highest BCUT2D eigenvalue weighted by molar-refractivity contribution is 8.00. The molecule has 0 aromatic heterocycles. The Hall–Kier alpha value is -7.10. The van der Waals surface area contributed by atoms with Gasteiger partial charge in [0, 0.05) is 58.2 Å². The predicted molar refractivity (Wildman–Crippen MR) is 285 cm³/mol. The second kappa shape index (κ2) is 31.4. The van der Waals surface area contributed by atoms with Gasteiger partial charge in [0.1, 0.15) is 36.0 Å². The number of hydrogen-bond acceptors (Lipinski definition) is 11. The van der Waals surface area contributed by atoms with Crippen molar-refractivity contribution >= 4 is 75.8 Å². The Bertz CT molecular complexity index is 2360. The van der Waals surface area contributed by atoms with Crippen molar-refractivity contribution < 1.29 is 38.7 Å². The van der Waals surface area contributed by atoms with Crippen LogP contribution in [-0.2, 0) is 46.4 Å². The molecule has 0 radical (unpaired) electrons. The molecule has 3 aromatic carbocycles. The number of nitrogens with zero attached hydrogens (tertiary/aromatic N) is 3. The lowest BCUT2D eigenvalue weighted by atomic mass is 10.00. The summed E-state index contributed by atoms with van der Waals surface area (Å²) in [7, 11) is 0. The zero-order chi connectivity index (χ0) is 53.1. The van der Waals surface area contributed by atoms with Crippen LogP contribution in [0.1, 0.15) is 89.2 Å². The van der Waals surface area contributed by atoms with Crippen LogP contribution in [0.25, 0.3) is 10.8 Å². The number of hydrogen-bond donors (Lipinski definition) is 11. The average molecular weight is 1030 g/mol. The van der Waals surface area contributed by atoms with Crippen molar-refractivity contribution in [2.24, 2.45) is 32.9 Å². The van der Waals surface area contributed by atoms with Gasteiger partial charge in [-0.05, 0) is 79.5 Å². The summed E-state index contributed by atoms with van der Waals surface area (Å²) < 4.78 is 0. The molecule has 5 atom stereocenters. The molecule has 0 saturated carbocycles. The van der Waals surface area contributed by atoms with Crippen LogP contribution in [0.2, 0.25) is 0 Å². The number of aliphatic imine (C=N–C) groups is 2. The van der Waals surface area contributed by atoms with Crippen molar-refractivity contribution in [1.82, 2.24) is 36.8 Å². The highest BCUT2D eigenvalue weighted by Gasteiger charge is 2.37. The number of carbonyl (C=O) groups excluding carboxylic acids is 7. The van der Waals surface area contributed by atoms with Crippen molar-refractivity contribution in [3.63, 3.8) is 0 Å². The van der Waals surface area contributed by atoms with Gasteiger partial charge in [0.25, 0.3) is 0 Å². The minimum absolute atomic E-state index is 0.00764. The second-order valence-corrected chi connectivity index (χ2v) is 19.2. The molecule has 0 bridgehead atoms. The number of guanidine groups is 2. The Morgan fingerprint density at radius 2 is 1.18 bits per heavy atom.